The van der Waals surface area contributed by atoms with Crippen LogP contribution in [0.2, 0.25) is 10.0 Å². The van der Waals surface area contributed by atoms with Crippen LogP contribution in [0.4, 0.5) is 5.13 Å². The van der Waals surface area contributed by atoms with E-state index in [4.69, 9.17) is 32.7 Å². The minimum Gasteiger partial charge on any atom is -0.480 e. The van der Waals surface area contributed by atoms with Crippen LogP contribution in [0, 0.1) is 6.92 Å². The summed E-state index contributed by atoms with van der Waals surface area (Å²) in [5.41, 5.74) is 1.78. The van der Waals surface area contributed by atoms with Crippen molar-refractivity contribution < 1.29 is 19.1 Å². The molecular formula is C19H17Cl2N3O4S. The average Bonchev–Trinajstić information content (AvgIpc) is 3.07. The molecule has 1 N–H and O–H groups in total. The molecule has 0 aliphatic rings. The third-order valence-electron chi connectivity index (χ3n) is 3.75. The summed E-state index contributed by atoms with van der Waals surface area (Å²) in [5.74, 6) is -0.507. The second-order valence-electron chi connectivity index (χ2n) is 5.98. The maximum atomic E-state index is 12.3. The number of nitrogens with one attached hydrogen (secondary N) is 1. The van der Waals surface area contributed by atoms with Gasteiger partial charge in [0, 0.05) is 16.5 Å². The van der Waals surface area contributed by atoms with E-state index in [-0.39, 0.29) is 29.8 Å². The third-order valence-corrected chi connectivity index (χ3v) is 5.15. The first-order valence-electron chi connectivity index (χ1n) is 8.65. The van der Waals surface area contributed by atoms with Crippen molar-refractivity contribution in [3.63, 3.8) is 0 Å². The molecule has 0 spiro atoms. The fourth-order valence-corrected chi connectivity index (χ4v) is 3.82. The Morgan fingerprint density at radius 1 is 1.21 bits per heavy atom. The lowest BCUT2D eigenvalue weighted by Gasteiger charge is -2.12. The Morgan fingerprint density at radius 3 is 2.76 bits per heavy atom. The summed E-state index contributed by atoms with van der Waals surface area (Å²) in [6.07, 6.45) is 0.0497. The fraction of sp³-hybridized carbons (Fsp3) is 0.263. The minimum atomic E-state index is -0.422. The smallest absolute Gasteiger partial charge is 0.311 e. The molecule has 0 saturated carbocycles. The highest BCUT2D eigenvalue weighted by atomic mass is 35.5. The second-order valence-corrected chi connectivity index (χ2v) is 7.65. The van der Waals surface area contributed by atoms with Crippen molar-refractivity contribution in [1.82, 2.24) is 9.97 Å². The Morgan fingerprint density at radius 2 is 2.00 bits per heavy atom. The van der Waals surface area contributed by atoms with Crippen LogP contribution in [0.15, 0.2) is 23.6 Å². The molecule has 0 aliphatic heterocycles. The average molecular weight is 454 g/mol. The van der Waals surface area contributed by atoms with Crippen molar-refractivity contribution in [3.05, 3.63) is 45.0 Å². The van der Waals surface area contributed by atoms with Crippen LogP contribution in [-0.2, 0) is 20.7 Å². The topological polar surface area (TPSA) is 90.4 Å². The zero-order valence-electron chi connectivity index (χ0n) is 15.6. The number of ether oxygens (including phenoxy) is 2. The zero-order chi connectivity index (χ0) is 21.0. The van der Waals surface area contributed by atoms with E-state index >= 15 is 0 Å². The van der Waals surface area contributed by atoms with Crippen molar-refractivity contribution >= 4 is 62.4 Å². The molecule has 1 amide bonds. The number of carbonyl (C=O) groups excluding carboxylic acids is 2. The Kier molecular flexibility index (Phi) is 6.89. The SMILES string of the molecule is CCOC(=O)Cc1csc(NC(=O)COc2c(Cl)cc(Cl)c3ccc(C)nc23)n1. The van der Waals surface area contributed by atoms with Crippen molar-refractivity contribution in [2.75, 3.05) is 18.5 Å². The van der Waals surface area contributed by atoms with Crippen LogP contribution in [-0.4, -0.2) is 35.1 Å². The van der Waals surface area contributed by atoms with Crippen molar-refractivity contribution in [3.8, 4) is 5.75 Å². The Balaban J connectivity index is 1.67. The molecule has 0 fully saturated rings. The van der Waals surface area contributed by atoms with Gasteiger partial charge in [-0.2, -0.15) is 0 Å². The van der Waals surface area contributed by atoms with Crippen molar-refractivity contribution in [2.24, 2.45) is 0 Å². The van der Waals surface area contributed by atoms with Gasteiger partial charge in [-0.3, -0.25) is 14.9 Å². The van der Waals surface area contributed by atoms with E-state index in [1.807, 2.05) is 19.1 Å². The van der Waals surface area contributed by atoms with E-state index < -0.39 is 5.91 Å². The fourth-order valence-electron chi connectivity index (χ4n) is 2.53. The normalized spacial score (nSPS) is 10.8. The maximum Gasteiger partial charge on any atom is 0.311 e. The molecule has 0 unspecified atom stereocenters. The quantitative estimate of drug-likeness (QED) is 0.532. The lowest BCUT2D eigenvalue weighted by atomic mass is 10.2. The molecule has 29 heavy (non-hydrogen) atoms. The predicted molar refractivity (Wildman–Crippen MR) is 113 cm³/mol. The number of thiazole rings is 1. The van der Waals surface area contributed by atoms with Gasteiger partial charge < -0.3 is 9.47 Å². The number of amides is 1. The molecule has 2 heterocycles. The summed E-state index contributed by atoms with van der Waals surface area (Å²) >= 11 is 13.7. The number of nitrogens with zero attached hydrogens (tertiary/aromatic N) is 2. The first-order chi connectivity index (χ1) is 13.9. The molecular weight excluding hydrogens is 437 g/mol. The standard InChI is InChI=1S/C19H17Cl2N3O4S/c1-3-27-16(26)6-11-9-29-19(23-11)24-15(25)8-28-18-14(21)7-13(20)12-5-4-10(2)22-17(12)18/h4-5,7,9H,3,6,8H2,1-2H3,(H,23,24,25). The van der Waals surface area contributed by atoms with E-state index in [9.17, 15) is 9.59 Å². The van der Waals surface area contributed by atoms with Gasteiger partial charge in [0.25, 0.3) is 5.91 Å². The first kappa shape index (κ1) is 21.3. The summed E-state index contributed by atoms with van der Waals surface area (Å²) in [4.78, 5) is 32.4. The van der Waals surface area contributed by atoms with E-state index in [1.54, 1.807) is 18.4 Å². The molecule has 0 saturated heterocycles. The molecule has 2 aromatic heterocycles. The molecule has 7 nitrogen and oxygen atoms in total. The van der Waals surface area contributed by atoms with Crippen LogP contribution in [0.1, 0.15) is 18.3 Å². The van der Waals surface area contributed by atoms with Gasteiger partial charge in [-0.25, -0.2) is 9.97 Å². The number of benzene rings is 1. The second kappa shape index (κ2) is 9.39. The van der Waals surface area contributed by atoms with E-state index in [0.717, 1.165) is 5.69 Å². The minimum absolute atomic E-state index is 0.0497. The van der Waals surface area contributed by atoms with Crippen molar-refractivity contribution in [2.45, 2.75) is 20.3 Å². The van der Waals surface area contributed by atoms with Gasteiger partial charge in [0.2, 0.25) is 0 Å². The van der Waals surface area contributed by atoms with Crippen LogP contribution in [0.5, 0.6) is 5.75 Å². The molecule has 1 aromatic carbocycles. The number of hydrogen-bond donors (Lipinski definition) is 1. The summed E-state index contributed by atoms with van der Waals surface area (Å²) < 4.78 is 10.5. The molecule has 0 aliphatic carbocycles. The number of aromatic nitrogens is 2. The van der Waals surface area contributed by atoms with E-state index in [1.165, 1.54) is 11.3 Å². The van der Waals surface area contributed by atoms with Crippen LogP contribution in [0.25, 0.3) is 10.9 Å². The maximum absolute atomic E-state index is 12.3. The number of rotatable bonds is 7. The van der Waals surface area contributed by atoms with Gasteiger partial charge >= 0.3 is 5.97 Å². The van der Waals surface area contributed by atoms with Crippen LogP contribution >= 0.6 is 34.5 Å². The van der Waals surface area contributed by atoms with Gasteiger partial charge in [0.05, 0.1) is 28.8 Å². The van der Waals surface area contributed by atoms with E-state index in [0.29, 0.717) is 33.4 Å². The van der Waals surface area contributed by atoms with Gasteiger partial charge in [0.1, 0.15) is 5.52 Å². The predicted octanol–water partition coefficient (Wildman–Crippen LogP) is 4.43. The summed E-state index contributed by atoms with van der Waals surface area (Å²) in [6.45, 7) is 3.58. The van der Waals surface area contributed by atoms with Crippen LogP contribution < -0.4 is 10.1 Å². The van der Waals surface area contributed by atoms with Crippen molar-refractivity contribution in [1.29, 1.82) is 0 Å². The number of aryl methyl sites for hydroxylation is 1. The van der Waals surface area contributed by atoms with Crippen LogP contribution in [0.3, 0.4) is 0 Å². The van der Waals surface area contributed by atoms with Gasteiger partial charge in [-0.15, -0.1) is 11.3 Å². The van der Waals surface area contributed by atoms with Gasteiger partial charge in [-0.05, 0) is 32.0 Å². The highest BCUT2D eigenvalue weighted by molar-refractivity contribution is 7.13. The largest absolute Gasteiger partial charge is 0.480 e. The highest BCUT2D eigenvalue weighted by Crippen LogP contribution is 2.37. The summed E-state index contributed by atoms with van der Waals surface area (Å²) in [5, 5.41) is 6.07. The number of esters is 1. The van der Waals surface area contributed by atoms with E-state index in [2.05, 4.69) is 15.3 Å². The third kappa shape index (κ3) is 5.35. The van der Waals surface area contributed by atoms with Gasteiger partial charge in [-0.1, -0.05) is 23.2 Å². The number of anilines is 1. The summed E-state index contributed by atoms with van der Waals surface area (Å²) in [7, 11) is 0. The number of hydrogen-bond acceptors (Lipinski definition) is 7. The molecule has 3 rings (SSSR count). The Hall–Kier alpha value is -2.42. The Bertz CT molecular complexity index is 1070. The molecule has 10 heteroatoms. The number of pyridine rings is 1. The molecule has 0 bridgehead atoms. The highest BCUT2D eigenvalue weighted by Gasteiger charge is 2.16. The lowest BCUT2D eigenvalue weighted by Crippen LogP contribution is -2.20. The molecule has 0 atom stereocenters. The lowest BCUT2D eigenvalue weighted by molar-refractivity contribution is -0.142. The number of fused-ring (bicyclic) bond motifs is 1. The first-order valence-corrected chi connectivity index (χ1v) is 10.3. The monoisotopic (exact) mass is 453 g/mol. The number of carbonyl (C=O) groups is 2. The molecule has 0 radical (unpaired) electrons. The zero-order valence-corrected chi connectivity index (χ0v) is 18.0. The molecule has 3 aromatic rings. The number of halogens is 2. The Labute approximate surface area is 181 Å². The molecule has 152 valence electrons. The van der Waals surface area contributed by atoms with Gasteiger partial charge in [0.15, 0.2) is 17.5 Å². The summed E-state index contributed by atoms with van der Waals surface area (Å²) in [6, 6.07) is 5.21.